The van der Waals surface area contributed by atoms with Crippen LogP contribution in [0.15, 0.2) is 42.5 Å². The minimum absolute atomic E-state index is 0.234. The van der Waals surface area contributed by atoms with Crippen molar-refractivity contribution in [1.29, 1.82) is 0 Å². The molecule has 0 amide bonds. The van der Waals surface area contributed by atoms with Gasteiger partial charge in [-0.1, -0.05) is 31.2 Å². The molecule has 0 saturated carbocycles. The highest BCUT2D eigenvalue weighted by molar-refractivity contribution is 5.33. The molecule has 0 aliphatic heterocycles. The van der Waals surface area contributed by atoms with Gasteiger partial charge in [0.25, 0.3) is 0 Å². The maximum absolute atomic E-state index is 13.0. The Hall–Kier alpha value is -1.87. The Morgan fingerprint density at radius 2 is 1.75 bits per heavy atom. The van der Waals surface area contributed by atoms with Crippen molar-refractivity contribution in [2.75, 3.05) is 6.54 Å². The van der Waals surface area contributed by atoms with Gasteiger partial charge in [-0.15, -0.1) is 0 Å². The normalized spacial score (nSPS) is 10.6. The van der Waals surface area contributed by atoms with Crippen LogP contribution in [-0.2, 0) is 13.2 Å². The van der Waals surface area contributed by atoms with E-state index in [1.807, 2.05) is 6.92 Å². The molecule has 0 unspecified atom stereocenters. The van der Waals surface area contributed by atoms with E-state index in [4.69, 9.17) is 4.74 Å². The summed E-state index contributed by atoms with van der Waals surface area (Å²) in [4.78, 5) is 0. The Bertz CT molecular complexity index is 551. The van der Waals surface area contributed by atoms with Gasteiger partial charge in [-0.2, -0.15) is 0 Å². The van der Waals surface area contributed by atoms with Crippen molar-refractivity contribution in [2.24, 2.45) is 0 Å². The highest BCUT2D eigenvalue weighted by Gasteiger charge is 2.02. The highest BCUT2D eigenvalue weighted by Crippen LogP contribution is 2.19. The molecule has 1 N–H and O–H groups in total. The molecule has 0 radical (unpaired) electrons. The average molecular weight is 273 g/mol. The second-order valence-corrected chi connectivity index (χ2v) is 4.80. The van der Waals surface area contributed by atoms with Crippen LogP contribution in [0.4, 0.5) is 4.39 Å². The highest BCUT2D eigenvalue weighted by atomic mass is 19.1. The molecule has 0 saturated heterocycles. The maximum Gasteiger partial charge on any atom is 0.123 e. The number of ether oxygens (including phenoxy) is 1. The molecule has 2 rings (SSSR count). The lowest BCUT2D eigenvalue weighted by molar-refractivity contribution is 0.303. The third-order valence-corrected chi connectivity index (χ3v) is 3.13. The molecule has 0 spiro atoms. The van der Waals surface area contributed by atoms with Crippen LogP contribution in [0, 0.1) is 12.7 Å². The van der Waals surface area contributed by atoms with E-state index in [1.54, 1.807) is 6.07 Å². The topological polar surface area (TPSA) is 21.3 Å². The molecule has 0 atom stereocenters. The Morgan fingerprint density at radius 1 is 1.05 bits per heavy atom. The van der Waals surface area contributed by atoms with Crippen LogP contribution >= 0.6 is 0 Å². The van der Waals surface area contributed by atoms with Crippen LogP contribution in [0.5, 0.6) is 5.75 Å². The molecule has 2 nitrogen and oxygen atoms in total. The number of hydrogen-bond acceptors (Lipinski definition) is 2. The second-order valence-electron chi connectivity index (χ2n) is 4.80. The zero-order valence-electron chi connectivity index (χ0n) is 11.9. The number of benzene rings is 2. The van der Waals surface area contributed by atoms with E-state index >= 15 is 0 Å². The first-order valence-corrected chi connectivity index (χ1v) is 6.86. The van der Waals surface area contributed by atoms with Crippen molar-refractivity contribution in [3.8, 4) is 5.75 Å². The van der Waals surface area contributed by atoms with Crippen LogP contribution in [0.25, 0.3) is 0 Å². The Balaban J connectivity index is 1.93. The second kappa shape index (κ2) is 7.06. The minimum Gasteiger partial charge on any atom is -0.489 e. The van der Waals surface area contributed by atoms with Gasteiger partial charge in [-0.05, 0) is 48.4 Å². The van der Waals surface area contributed by atoms with E-state index in [2.05, 4.69) is 36.5 Å². The molecule has 0 aliphatic carbocycles. The number of rotatable bonds is 6. The summed E-state index contributed by atoms with van der Waals surface area (Å²) in [6.45, 7) is 6.28. The summed E-state index contributed by atoms with van der Waals surface area (Å²) in [5, 5.41) is 3.29. The maximum atomic E-state index is 13.0. The fraction of sp³-hybridized carbons (Fsp3) is 0.294. The first kappa shape index (κ1) is 14.5. The van der Waals surface area contributed by atoms with Gasteiger partial charge in [0.2, 0.25) is 0 Å². The largest absolute Gasteiger partial charge is 0.489 e. The van der Waals surface area contributed by atoms with Gasteiger partial charge in [0.05, 0.1) is 0 Å². The summed E-state index contributed by atoms with van der Waals surface area (Å²) < 4.78 is 18.7. The molecular formula is C17H20FNO. The smallest absolute Gasteiger partial charge is 0.123 e. The summed E-state index contributed by atoms with van der Waals surface area (Å²) in [6, 6.07) is 12.9. The fourth-order valence-electron chi connectivity index (χ4n) is 1.96. The summed E-state index contributed by atoms with van der Waals surface area (Å²) in [5.41, 5.74) is 3.18. The lowest BCUT2D eigenvalue weighted by Gasteiger charge is -2.10. The standard InChI is InChI=1S/C17H20FNO/c1-3-19-11-14-4-6-15(7-5-14)12-20-17-9-8-16(18)10-13(17)2/h4-10,19H,3,11-12H2,1-2H3. The van der Waals surface area contributed by atoms with E-state index in [0.717, 1.165) is 30.0 Å². The van der Waals surface area contributed by atoms with Crippen molar-refractivity contribution >= 4 is 0 Å². The van der Waals surface area contributed by atoms with Gasteiger partial charge in [0.1, 0.15) is 18.2 Å². The molecule has 0 fully saturated rings. The van der Waals surface area contributed by atoms with E-state index in [1.165, 1.54) is 17.7 Å². The van der Waals surface area contributed by atoms with Gasteiger partial charge in [-0.25, -0.2) is 4.39 Å². The van der Waals surface area contributed by atoms with E-state index < -0.39 is 0 Å². The van der Waals surface area contributed by atoms with E-state index in [-0.39, 0.29) is 5.82 Å². The molecule has 0 bridgehead atoms. The van der Waals surface area contributed by atoms with Gasteiger partial charge in [-0.3, -0.25) is 0 Å². The van der Waals surface area contributed by atoms with Gasteiger partial charge in [0.15, 0.2) is 0 Å². The van der Waals surface area contributed by atoms with Crippen molar-refractivity contribution in [2.45, 2.75) is 27.0 Å². The van der Waals surface area contributed by atoms with Crippen molar-refractivity contribution in [3.05, 3.63) is 65.0 Å². The molecule has 0 aliphatic rings. The molecule has 20 heavy (non-hydrogen) atoms. The molecule has 0 aromatic heterocycles. The van der Waals surface area contributed by atoms with E-state index in [9.17, 15) is 4.39 Å². The number of hydrogen-bond donors (Lipinski definition) is 1. The van der Waals surface area contributed by atoms with Gasteiger partial charge >= 0.3 is 0 Å². The first-order chi connectivity index (χ1) is 9.69. The van der Waals surface area contributed by atoms with Gasteiger partial charge in [0, 0.05) is 6.54 Å². The number of nitrogens with one attached hydrogen (secondary N) is 1. The molecule has 2 aromatic carbocycles. The summed E-state index contributed by atoms with van der Waals surface area (Å²) >= 11 is 0. The predicted molar refractivity (Wildman–Crippen MR) is 79.3 cm³/mol. The van der Waals surface area contributed by atoms with Crippen LogP contribution in [0.1, 0.15) is 23.6 Å². The lowest BCUT2D eigenvalue weighted by Crippen LogP contribution is -2.11. The predicted octanol–water partition coefficient (Wildman–Crippen LogP) is 3.82. The lowest BCUT2D eigenvalue weighted by atomic mass is 10.1. The number of halogens is 1. The van der Waals surface area contributed by atoms with Crippen molar-refractivity contribution in [3.63, 3.8) is 0 Å². The summed E-state index contributed by atoms with van der Waals surface area (Å²) in [7, 11) is 0. The average Bonchev–Trinajstić information content (AvgIpc) is 2.45. The minimum atomic E-state index is -0.234. The molecule has 0 heterocycles. The quantitative estimate of drug-likeness (QED) is 0.864. The first-order valence-electron chi connectivity index (χ1n) is 6.86. The monoisotopic (exact) mass is 273 g/mol. The summed E-state index contributed by atoms with van der Waals surface area (Å²) in [6.07, 6.45) is 0. The van der Waals surface area contributed by atoms with Crippen molar-refractivity contribution < 1.29 is 9.13 Å². The van der Waals surface area contributed by atoms with Crippen LogP contribution in [0.3, 0.4) is 0 Å². The molecular weight excluding hydrogens is 253 g/mol. The van der Waals surface area contributed by atoms with Crippen LogP contribution in [-0.4, -0.2) is 6.54 Å². The Labute approximate surface area is 119 Å². The zero-order valence-corrected chi connectivity index (χ0v) is 11.9. The Morgan fingerprint density at radius 3 is 2.40 bits per heavy atom. The van der Waals surface area contributed by atoms with Crippen LogP contribution in [0.2, 0.25) is 0 Å². The van der Waals surface area contributed by atoms with Gasteiger partial charge < -0.3 is 10.1 Å². The molecule has 106 valence electrons. The third kappa shape index (κ3) is 4.07. The SMILES string of the molecule is CCNCc1ccc(COc2ccc(F)cc2C)cc1. The van der Waals surface area contributed by atoms with E-state index in [0.29, 0.717) is 6.61 Å². The number of aryl methyl sites for hydroxylation is 1. The molecule has 3 heteroatoms. The zero-order chi connectivity index (χ0) is 14.4. The van der Waals surface area contributed by atoms with Crippen molar-refractivity contribution in [1.82, 2.24) is 5.32 Å². The Kier molecular flexibility index (Phi) is 5.13. The fourth-order valence-corrected chi connectivity index (χ4v) is 1.96. The van der Waals surface area contributed by atoms with Crippen LogP contribution < -0.4 is 10.1 Å². The molecule has 2 aromatic rings. The summed E-state index contributed by atoms with van der Waals surface area (Å²) in [5.74, 6) is 0.491. The third-order valence-electron chi connectivity index (χ3n) is 3.13.